The summed E-state index contributed by atoms with van der Waals surface area (Å²) in [5.41, 5.74) is 3.94. The van der Waals surface area contributed by atoms with Crippen molar-refractivity contribution in [2.75, 3.05) is 0 Å². The fourth-order valence-corrected chi connectivity index (χ4v) is 3.08. The molecule has 0 fully saturated rings. The number of halogens is 1. The Bertz CT molecular complexity index is 642. The van der Waals surface area contributed by atoms with E-state index >= 15 is 0 Å². The van der Waals surface area contributed by atoms with Crippen molar-refractivity contribution in [3.05, 3.63) is 51.3 Å². The summed E-state index contributed by atoms with van der Waals surface area (Å²) in [7, 11) is 1.88. The van der Waals surface area contributed by atoms with Crippen LogP contribution in [-0.2, 0) is 19.9 Å². The first kappa shape index (κ1) is 16.0. The molecule has 0 radical (unpaired) electrons. The van der Waals surface area contributed by atoms with Gasteiger partial charge in [0.1, 0.15) is 0 Å². The van der Waals surface area contributed by atoms with Crippen LogP contribution in [0, 0.1) is 0 Å². The molecule has 0 N–H and O–H groups in total. The summed E-state index contributed by atoms with van der Waals surface area (Å²) in [6.07, 6.45) is 1.22. The van der Waals surface area contributed by atoms with Crippen molar-refractivity contribution >= 4 is 21.7 Å². The third-order valence-electron chi connectivity index (χ3n) is 3.73. The minimum atomic E-state index is 0.122. The van der Waals surface area contributed by atoms with E-state index in [4.69, 9.17) is 0 Å². The normalized spacial score (nSPS) is 11.1. The lowest BCUT2D eigenvalue weighted by atomic mass is 9.99. The third-order valence-corrected chi connectivity index (χ3v) is 4.65. The van der Waals surface area contributed by atoms with Gasteiger partial charge in [0.25, 0.3) is 0 Å². The molecule has 0 saturated carbocycles. The van der Waals surface area contributed by atoms with Crippen molar-refractivity contribution in [1.29, 1.82) is 0 Å². The van der Waals surface area contributed by atoms with E-state index in [-0.39, 0.29) is 5.78 Å². The van der Waals surface area contributed by atoms with Crippen LogP contribution in [0.25, 0.3) is 0 Å². The van der Waals surface area contributed by atoms with E-state index in [1.807, 2.05) is 31.3 Å². The molecule has 112 valence electrons. The SMILES string of the molecule is CCc1nn(C)c(CC(=O)c2ccc(C(C)C)cc2)c1Br. The topological polar surface area (TPSA) is 34.9 Å². The minimum Gasteiger partial charge on any atom is -0.294 e. The van der Waals surface area contributed by atoms with Crippen molar-refractivity contribution in [1.82, 2.24) is 9.78 Å². The van der Waals surface area contributed by atoms with E-state index < -0.39 is 0 Å². The predicted octanol–water partition coefficient (Wildman–Crippen LogP) is 4.29. The molecule has 0 amide bonds. The fraction of sp³-hybridized carbons (Fsp3) is 0.412. The van der Waals surface area contributed by atoms with Crippen LogP contribution in [0.2, 0.25) is 0 Å². The highest BCUT2D eigenvalue weighted by Crippen LogP contribution is 2.23. The number of hydrogen-bond acceptors (Lipinski definition) is 2. The smallest absolute Gasteiger partial charge is 0.168 e. The molecule has 1 heterocycles. The largest absolute Gasteiger partial charge is 0.294 e. The quantitative estimate of drug-likeness (QED) is 0.755. The first-order valence-electron chi connectivity index (χ1n) is 7.27. The Morgan fingerprint density at radius 2 is 1.90 bits per heavy atom. The minimum absolute atomic E-state index is 0.122. The van der Waals surface area contributed by atoms with Crippen molar-refractivity contribution in [2.24, 2.45) is 7.05 Å². The van der Waals surface area contributed by atoms with Gasteiger partial charge in [-0.05, 0) is 33.8 Å². The summed E-state index contributed by atoms with van der Waals surface area (Å²) in [5, 5.41) is 4.43. The van der Waals surface area contributed by atoms with Gasteiger partial charge in [0, 0.05) is 12.6 Å². The predicted molar refractivity (Wildman–Crippen MR) is 88.9 cm³/mol. The third kappa shape index (κ3) is 3.43. The lowest BCUT2D eigenvalue weighted by molar-refractivity contribution is 0.0990. The molecule has 0 spiro atoms. The Hall–Kier alpha value is -1.42. The van der Waals surface area contributed by atoms with E-state index in [9.17, 15) is 4.79 Å². The van der Waals surface area contributed by atoms with Crippen LogP contribution in [0.5, 0.6) is 0 Å². The monoisotopic (exact) mass is 348 g/mol. The van der Waals surface area contributed by atoms with Gasteiger partial charge in [-0.2, -0.15) is 5.10 Å². The van der Waals surface area contributed by atoms with E-state index in [2.05, 4.69) is 41.8 Å². The Kier molecular flexibility index (Phi) is 4.99. The van der Waals surface area contributed by atoms with Crippen molar-refractivity contribution in [3.8, 4) is 0 Å². The lowest BCUT2D eigenvalue weighted by Crippen LogP contribution is -2.08. The standard InChI is InChI=1S/C17H21BrN2O/c1-5-14-17(18)15(20(4)19-14)10-16(21)13-8-6-12(7-9-13)11(2)3/h6-9,11H,5,10H2,1-4H3. The average molecular weight is 349 g/mol. The molecular formula is C17H21BrN2O. The van der Waals surface area contributed by atoms with Gasteiger partial charge in [-0.25, -0.2) is 0 Å². The summed E-state index contributed by atoms with van der Waals surface area (Å²) in [6, 6.07) is 7.91. The number of ketones is 1. The summed E-state index contributed by atoms with van der Waals surface area (Å²) >= 11 is 3.56. The number of hydrogen-bond donors (Lipinski definition) is 0. The second-order valence-electron chi connectivity index (χ2n) is 5.56. The summed E-state index contributed by atoms with van der Waals surface area (Å²) in [6.45, 7) is 6.36. The van der Waals surface area contributed by atoms with E-state index in [1.165, 1.54) is 5.56 Å². The van der Waals surface area contributed by atoms with Crippen LogP contribution in [0.15, 0.2) is 28.7 Å². The van der Waals surface area contributed by atoms with Gasteiger partial charge in [-0.3, -0.25) is 9.48 Å². The summed E-state index contributed by atoms with van der Waals surface area (Å²) < 4.78 is 2.75. The van der Waals surface area contributed by atoms with Gasteiger partial charge in [0.05, 0.1) is 22.3 Å². The van der Waals surface area contributed by atoms with Gasteiger partial charge in [0.2, 0.25) is 0 Å². The van der Waals surface area contributed by atoms with Gasteiger partial charge in [0.15, 0.2) is 5.78 Å². The van der Waals surface area contributed by atoms with Crippen molar-refractivity contribution in [3.63, 3.8) is 0 Å². The summed E-state index contributed by atoms with van der Waals surface area (Å²) in [4.78, 5) is 12.4. The van der Waals surface area contributed by atoms with E-state index in [1.54, 1.807) is 4.68 Å². The molecule has 1 aromatic carbocycles. The maximum absolute atomic E-state index is 12.4. The molecule has 0 aliphatic carbocycles. The fourth-order valence-electron chi connectivity index (χ4n) is 2.32. The first-order chi connectivity index (χ1) is 9.93. The number of carbonyl (C=O) groups excluding carboxylic acids is 1. The average Bonchev–Trinajstić information content (AvgIpc) is 2.74. The number of Topliss-reactive ketones (excluding diaryl/α,β-unsaturated/α-hetero) is 1. The highest BCUT2D eigenvalue weighted by molar-refractivity contribution is 9.10. The van der Waals surface area contributed by atoms with Crippen LogP contribution in [0.1, 0.15) is 54.0 Å². The second-order valence-corrected chi connectivity index (χ2v) is 6.35. The Balaban J connectivity index is 2.20. The maximum Gasteiger partial charge on any atom is 0.168 e. The highest BCUT2D eigenvalue weighted by Gasteiger charge is 2.16. The number of aryl methyl sites for hydroxylation is 2. The van der Waals surface area contributed by atoms with Gasteiger partial charge in [-0.15, -0.1) is 0 Å². The second kappa shape index (κ2) is 6.56. The molecule has 0 aliphatic rings. The lowest BCUT2D eigenvalue weighted by Gasteiger charge is -2.07. The maximum atomic E-state index is 12.4. The first-order valence-corrected chi connectivity index (χ1v) is 8.06. The molecule has 2 rings (SSSR count). The molecule has 21 heavy (non-hydrogen) atoms. The zero-order chi connectivity index (χ0) is 15.6. The van der Waals surface area contributed by atoms with Crippen LogP contribution < -0.4 is 0 Å². The zero-order valence-corrected chi connectivity index (χ0v) is 14.6. The molecular weight excluding hydrogens is 328 g/mol. The highest BCUT2D eigenvalue weighted by atomic mass is 79.9. The molecule has 4 heteroatoms. The van der Waals surface area contributed by atoms with Crippen molar-refractivity contribution < 1.29 is 4.79 Å². The molecule has 0 bridgehead atoms. The number of nitrogens with zero attached hydrogens (tertiary/aromatic N) is 2. The van der Waals surface area contributed by atoms with Crippen LogP contribution in [0.3, 0.4) is 0 Å². The van der Waals surface area contributed by atoms with Crippen molar-refractivity contribution in [2.45, 2.75) is 39.5 Å². The van der Waals surface area contributed by atoms with E-state index in [0.29, 0.717) is 12.3 Å². The number of carbonyl (C=O) groups is 1. The summed E-state index contributed by atoms with van der Waals surface area (Å²) in [5.74, 6) is 0.601. The molecule has 0 saturated heterocycles. The molecule has 3 nitrogen and oxygen atoms in total. The Morgan fingerprint density at radius 1 is 1.29 bits per heavy atom. The van der Waals surface area contributed by atoms with Gasteiger partial charge < -0.3 is 0 Å². The van der Waals surface area contributed by atoms with Crippen LogP contribution >= 0.6 is 15.9 Å². The molecule has 0 aliphatic heterocycles. The van der Waals surface area contributed by atoms with Gasteiger partial charge >= 0.3 is 0 Å². The number of aromatic nitrogens is 2. The van der Waals surface area contributed by atoms with Crippen LogP contribution in [-0.4, -0.2) is 15.6 Å². The molecule has 0 atom stereocenters. The van der Waals surface area contributed by atoms with Crippen LogP contribution in [0.4, 0.5) is 0 Å². The number of benzene rings is 1. The van der Waals surface area contributed by atoms with E-state index in [0.717, 1.165) is 27.8 Å². The Morgan fingerprint density at radius 3 is 2.38 bits per heavy atom. The van der Waals surface area contributed by atoms with Gasteiger partial charge in [-0.1, -0.05) is 45.0 Å². The molecule has 1 aromatic heterocycles. The molecule has 2 aromatic rings. The zero-order valence-electron chi connectivity index (χ0n) is 13.0. The molecule has 0 unspecified atom stereocenters. The Labute approximate surface area is 134 Å². The number of rotatable bonds is 5.